The van der Waals surface area contributed by atoms with Crippen molar-refractivity contribution >= 4 is 5.84 Å². The van der Waals surface area contributed by atoms with E-state index >= 15 is 0 Å². The molecule has 1 heterocycles. The lowest BCUT2D eigenvalue weighted by Crippen LogP contribution is -2.56. The number of amidine groups is 1. The fraction of sp³-hybridized carbons (Fsp3) is 0.490. The molecule has 0 spiro atoms. The number of aliphatic imine (C=N–C) groups is 1. The lowest BCUT2D eigenvalue weighted by Gasteiger charge is -2.43. The zero-order valence-electron chi connectivity index (χ0n) is 31.7. The van der Waals surface area contributed by atoms with Crippen LogP contribution in [0, 0.1) is 29.6 Å². The summed E-state index contributed by atoms with van der Waals surface area (Å²) in [7, 11) is 0. The maximum Gasteiger partial charge on any atom is 0.131 e. The fourth-order valence-electron chi connectivity index (χ4n) is 11.0. The van der Waals surface area contributed by atoms with Crippen LogP contribution in [0.15, 0.2) is 140 Å². The van der Waals surface area contributed by atoms with Crippen molar-refractivity contribution in [2.75, 3.05) is 0 Å². The Balaban J connectivity index is 1.13. The van der Waals surface area contributed by atoms with Gasteiger partial charge in [-0.1, -0.05) is 112 Å². The number of allylic oxidation sites excluding steroid dienone is 16. The van der Waals surface area contributed by atoms with Gasteiger partial charge in [0.1, 0.15) is 18.2 Å². The number of nitrogens with one attached hydrogen (secondary N) is 2. The van der Waals surface area contributed by atoms with Crippen molar-refractivity contribution in [2.24, 2.45) is 34.6 Å². The van der Waals surface area contributed by atoms with Gasteiger partial charge in [0.15, 0.2) is 0 Å². The average Bonchev–Trinajstić information content (AvgIpc) is 3.21. The standard InChI is InChI=1S/C49H59N3/c1-32-24-26-34(27-25-32)39-19-10-11-21-41(39)44-29-28-37(31-46(44)45-30-36-17-7-9-20-40(36)42-22-12-13-23-43(42)45)48-50-47(35-15-4-3-5-16-35)51-49(52-48)38-18-8-6-14-33(38)2/h3-5,7,10,13,15-19,23,28-29,32-34,45-46,48-49,52H,6,8-9,11-12,14,20-22,24-27,30-31H2,1-2H3,(H,50,51). The van der Waals surface area contributed by atoms with Gasteiger partial charge in [-0.05, 0) is 163 Å². The highest BCUT2D eigenvalue weighted by molar-refractivity contribution is 5.99. The minimum Gasteiger partial charge on any atom is -0.351 e. The minimum atomic E-state index is -0.00155. The predicted octanol–water partition coefficient (Wildman–Crippen LogP) is 11.7. The van der Waals surface area contributed by atoms with Gasteiger partial charge in [-0.15, -0.1) is 0 Å². The maximum absolute atomic E-state index is 5.37. The molecule has 0 aromatic heterocycles. The third-order valence-corrected chi connectivity index (χ3v) is 13.9. The Bertz CT molecular complexity index is 1860. The van der Waals surface area contributed by atoms with Gasteiger partial charge in [-0.2, -0.15) is 0 Å². The van der Waals surface area contributed by atoms with Crippen LogP contribution in [0.1, 0.15) is 116 Å². The Labute approximate surface area is 313 Å². The summed E-state index contributed by atoms with van der Waals surface area (Å²) in [4.78, 5) is 5.37. The highest BCUT2D eigenvalue weighted by atomic mass is 15.3. The van der Waals surface area contributed by atoms with E-state index in [1.807, 2.05) is 0 Å². The second-order valence-electron chi connectivity index (χ2n) is 17.2. The molecule has 3 nitrogen and oxygen atoms in total. The first-order chi connectivity index (χ1) is 25.6. The van der Waals surface area contributed by atoms with E-state index in [0.717, 1.165) is 31.0 Å². The van der Waals surface area contributed by atoms with Crippen LogP contribution in [-0.2, 0) is 0 Å². The molecular formula is C49H59N3. The lowest BCUT2D eigenvalue weighted by atomic mass is 9.63. The second-order valence-corrected chi connectivity index (χ2v) is 17.2. The Morgan fingerprint density at radius 1 is 0.692 bits per heavy atom. The fourth-order valence-corrected chi connectivity index (χ4v) is 11.0. The highest BCUT2D eigenvalue weighted by Gasteiger charge is 2.40. The third kappa shape index (κ3) is 6.68. The largest absolute Gasteiger partial charge is 0.351 e. The van der Waals surface area contributed by atoms with Gasteiger partial charge >= 0.3 is 0 Å². The number of benzene rings is 1. The summed E-state index contributed by atoms with van der Waals surface area (Å²) in [5, 5.41) is 8.02. The monoisotopic (exact) mass is 689 g/mol. The maximum atomic E-state index is 5.37. The summed E-state index contributed by atoms with van der Waals surface area (Å²) < 4.78 is 0. The lowest BCUT2D eigenvalue weighted by molar-refractivity contribution is 0.320. The molecule has 270 valence electrons. The molecule has 5 atom stereocenters. The average molecular weight is 690 g/mol. The molecule has 1 fully saturated rings. The summed E-state index contributed by atoms with van der Waals surface area (Å²) in [5.74, 6) is 4.09. The predicted molar refractivity (Wildman–Crippen MR) is 218 cm³/mol. The first kappa shape index (κ1) is 34.1. The van der Waals surface area contributed by atoms with Crippen LogP contribution in [0.2, 0.25) is 0 Å². The van der Waals surface area contributed by atoms with Crippen molar-refractivity contribution in [1.29, 1.82) is 0 Å². The molecule has 1 saturated carbocycles. The third-order valence-electron chi connectivity index (χ3n) is 13.9. The minimum absolute atomic E-state index is 0.00155. The molecular weight excluding hydrogens is 631 g/mol. The van der Waals surface area contributed by atoms with Crippen molar-refractivity contribution in [2.45, 2.75) is 122 Å². The van der Waals surface area contributed by atoms with Crippen molar-refractivity contribution < 1.29 is 0 Å². The van der Waals surface area contributed by atoms with E-state index in [2.05, 4.69) is 109 Å². The molecule has 1 aromatic carbocycles. The van der Waals surface area contributed by atoms with Crippen LogP contribution in [0.3, 0.4) is 0 Å². The van der Waals surface area contributed by atoms with E-state index in [0.29, 0.717) is 23.7 Å². The van der Waals surface area contributed by atoms with Gasteiger partial charge in [0.05, 0.1) is 0 Å². The first-order valence-electron chi connectivity index (χ1n) is 21.1. The molecule has 3 heteroatoms. The van der Waals surface area contributed by atoms with Gasteiger partial charge in [0, 0.05) is 5.56 Å². The van der Waals surface area contributed by atoms with Crippen molar-refractivity contribution in [3.05, 3.63) is 141 Å². The molecule has 1 aromatic rings. The Morgan fingerprint density at radius 3 is 2.25 bits per heavy atom. The summed E-state index contributed by atoms with van der Waals surface area (Å²) in [5.41, 5.74) is 15.8. The molecule has 1 aliphatic heterocycles. The highest BCUT2D eigenvalue weighted by Crippen LogP contribution is 2.52. The smallest absolute Gasteiger partial charge is 0.131 e. The Morgan fingerprint density at radius 2 is 1.44 bits per heavy atom. The number of fused-ring (bicyclic) bond motifs is 1. The number of rotatable bonds is 6. The summed E-state index contributed by atoms with van der Waals surface area (Å²) in [6.45, 7) is 4.86. The number of hydrogen-bond acceptors (Lipinski definition) is 3. The molecule has 0 amide bonds. The molecule has 0 saturated heterocycles. The normalized spacial score (nSPS) is 33.5. The molecule has 7 aliphatic carbocycles. The topological polar surface area (TPSA) is 36.4 Å². The zero-order chi connectivity index (χ0) is 35.0. The Kier molecular flexibility index (Phi) is 9.82. The van der Waals surface area contributed by atoms with Crippen LogP contribution in [0.4, 0.5) is 0 Å². The van der Waals surface area contributed by atoms with Crippen LogP contribution in [-0.4, -0.2) is 18.2 Å². The van der Waals surface area contributed by atoms with Gasteiger partial charge in [0.2, 0.25) is 0 Å². The van der Waals surface area contributed by atoms with Gasteiger partial charge < -0.3 is 5.32 Å². The van der Waals surface area contributed by atoms with Gasteiger partial charge in [-0.25, -0.2) is 4.99 Å². The van der Waals surface area contributed by atoms with E-state index in [9.17, 15) is 0 Å². The summed E-state index contributed by atoms with van der Waals surface area (Å²) in [6.07, 6.45) is 41.2. The zero-order valence-corrected chi connectivity index (χ0v) is 31.7. The van der Waals surface area contributed by atoms with E-state index in [-0.39, 0.29) is 12.3 Å². The molecule has 2 N–H and O–H groups in total. The van der Waals surface area contributed by atoms with Gasteiger partial charge in [0.25, 0.3) is 0 Å². The number of nitrogens with zero attached hydrogens (tertiary/aromatic N) is 1. The molecule has 0 radical (unpaired) electrons. The van der Waals surface area contributed by atoms with Gasteiger partial charge in [-0.3, -0.25) is 5.32 Å². The molecule has 5 unspecified atom stereocenters. The second kappa shape index (κ2) is 15.0. The van der Waals surface area contributed by atoms with Crippen molar-refractivity contribution in [3.8, 4) is 0 Å². The summed E-state index contributed by atoms with van der Waals surface area (Å²) >= 11 is 0. The summed E-state index contributed by atoms with van der Waals surface area (Å²) in [6, 6.07) is 10.8. The molecule has 9 rings (SSSR count). The first-order valence-corrected chi connectivity index (χ1v) is 21.1. The van der Waals surface area contributed by atoms with Crippen LogP contribution in [0.25, 0.3) is 0 Å². The van der Waals surface area contributed by atoms with E-state index in [1.54, 1.807) is 39.0 Å². The van der Waals surface area contributed by atoms with E-state index in [1.165, 1.54) is 93.8 Å². The van der Waals surface area contributed by atoms with Crippen LogP contribution < -0.4 is 10.6 Å². The molecule has 52 heavy (non-hydrogen) atoms. The van der Waals surface area contributed by atoms with Crippen molar-refractivity contribution in [3.63, 3.8) is 0 Å². The van der Waals surface area contributed by atoms with Crippen LogP contribution in [0.5, 0.6) is 0 Å². The molecule has 0 bridgehead atoms. The van der Waals surface area contributed by atoms with Crippen LogP contribution >= 0.6 is 0 Å². The van der Waals surface area contributed by atoms with Crippen molar-refractivity contribution in [1.82, 2.24) is 10.6 Å². The Hall–Kier alpha value is -3.69. The quantitative estimate of drug-likeness (QED) is 0.292. The van der Waals surface area contributed by atoms with E-state index in [4.69, 9.17) is 4.99 Å². The number of hydrogen-bond donors (Lipinski definition) is 2. The van der Waals surface area contributed by atoms with E-state index < -0.39 is 0 Å². The molecule has 8 aliphatic rings. The SMILES string of the molecule is CC1CCC(C2=C(C3=CC=C(C4NC(c5ccccc5)=NC(C5=CCCCC5C)N4)CC3C3CC4=C(CCC=C4)C4=C3C=CCC4)CCC=C2)CC1.